The summed E-state index contributed by atoms with van der Waals surface area (Å²) in [6.45, 7) is 1.62. The summed E-state index contributed by atoms with van der Waals surface area (Å²) in [6, 6.07) is 8.15. The first kappa shape index (κ1) is 22.4. The number of nitrogens with zero attached hydrogens (tertiary/aromatic N) is 1. The van der Waals surface area contributed by atoms with Crippen molar-refractivity contribution in [3.8, 4) is 0 Å². The highest BCUT2D eigenvalue weighted by molar-refractivity contribution is 6.05. The molecule has 8 heteroatoms. The number of para-hydroxylation sites is 2. The maximum atomic E-state index is 13.0. The van der Waals surface area contributed by atoms with Crippen molar-refractivity contribution in [1.29, 1.82) is 0 Å². The van der Waals surface area contributed by atoms with Crippen molar-refractivity contribution >= 4 is 42.1 Å². The highest BCUT2D eigenvalue weighted by atomic mass is 35.5. The van der Waals surface area contributed by atoms with Gasteiger partial charge in [-0.15, -0.1) is 24.8 Å². The first-order chi connectivity index (χ1) is 14.2. The van der Waals surface area contributed by atoms with Gasteiger partial charge in [0.1, 0.15) is 0 Å². The van der Waals surface area contributed by atoms with E-state index in [9.17, 15) is 4.79 Å². The van der Waals surface area contributed by atoms with E-state index < -0.39 is 0 Å². The molecule has 0 saturated heterocycles. The summed E-state index contributed by atoms with van der Waals surface area (Å²) in [7, 11) is 0. The van der Waals surface area contributed by atoms with Crippen molar-refractivity contribution in [3.05, 3.63) is 41.2 Å². The van der Waals surface area contributed by atoms with Gasteiger partial charge in [0.25, 0.3) is 5.91 Å². The molecule has 1 aliphatic heterocycles. The third-order valence-electron chi connectivity index (χ3n) is 7.63. The molecule has 7 rings (SSSR count). The Morgan fingerprint density at radius 1 is 1.00 bits per heavy atom. The van der Waals surface area contributed by atoms with Gasteiger partial charge in [-0.2, -0.15) is 5.10 Å². The van der Waals surface area contributed by atoms with E-state index >= 15 is 0 Å². The number of hydrogen-bond donors (Lipinski definition) is 4. The second-order valence-corrected chi connectivity index (χ2v) is 9.78. The Labute approximate surface area is 195 Å². The van der Waals surface area contributed by atoms with Crippen molar-refractivity contribution in [2.75, 3.05) is 17.2 Å². The average Bonchev–Trinajstić information content (AvgIpc) is 3.12. The van der Waals surface area contributed by atoms with E-state index in [0.29, 0.717) is 12.2 Å². The van der Waals surface area contributed by atoms with Crippen LogP contribution < -0.4 is 16.0 Å². The van der Waals surface area contributed by atoms with Crippen LogP contribution in [0.1, 0.15) is 60.3 Å². The van der Waals surface area contributed by atoms with Gasteiger partial charge in [0.15, 0.2) is 5.69 Å². The van der Waals surface area contributed by atoms with Crippen molar-refractivity contribution in [2.24, 2.45) is 17.8 Å². The Balaban J connectivity index is 0.00000116. The molecule has 0 unspecified atom stereocenters. The van der Waals surface area contributed by atoms with E-state index in [1.54, 1.807) is 0 Å². The largest absolute Gasteiger partial charge is 0.378 e. The second kappa shape index (κ2) is 8.64. The predicted molar refractivity (Wildman–Crippen MR) is 127 cm³/mol. The first-order valence-corrected chi connectivity index (χ1v) is 11.1. The summed E-state index contributed by atoms with van der Waals surface area (Å²) in [5, 5.41) is 17.7. The van der Waals surface area contributed by atoms with Crippen molar-refractivity contribution in [2.45, 2.75) is 57.0 Å². The third kappa shape index (κ3) is 4.06. The zero-order valence-electron chi connectivity index (χ0n) is 17.6. The Bertz CT molecular complexity index is 924. The van der Waals surface area contributed by atoms with Crippen LogP contribution in [0.3, 0.4) is 0 Å². The number of H-pyrrole nitrogens is 1. The topological polar surface area (TPSA) is 81.8 Å². The fraction of sp³-hybridized carbons (Fsp3) is 0.565. The van der Waals surface area contributed by atoms with Gasteiger partial charge in [-0.3, -0.25) is 9.89 Å². The van der Waals surface area contributed by atoms with Crippen molar-refractivity contribution < 1.29 is 4.79 Å². The molecule has 2 heterocycles. The molecule has 31 heavy (non-hydrogen) atoms. The molecule has 5 aliphatic rings. The minimum absolute atomic E-state index is 0. The molecule has 4 N–H and O–H groups in total. The normalized spacial score (nSPS) is 30.0. The molecule has 4 bridgehead atoms. The van der Waals surface area contributed by atoms with Gasteiger partial charge in [-0.05, 0) is 68.4 Å². The standard InChI is InChI=1S/C23H29N5O.2ClH/c29-22(21-17-13-24-6-5-18(17)27-28-21)25-19-3-1-2-4-20(19)26-23-10-14-7-15(11-23)9-16(8-14)12-23;;/h1-4,14-16,24,26H,5-13H2,(H,25,29)(H,27,28);2*1H. The van der Waals surface area contributed by atoms with Gasteiger partial charge >= 0.3 is 0 Å². The van der Waals surface area contributed by atoms with Crippen LogP contribution in [0.15, 0.2) is 24.3 Å². The molecular weight excluding hydrogens is 433 g/mol. The third-order valence-corrected chi connectivity index (χ3v) is 7.63. The summed E-state index contributed by atoms with van der Waals surface area (Å²) in [5.74, 6) is 2.53. The number of rotatable bonds is 4. The summed E-state index contributed by atoms with van der Waals surface area (Å²) >= 11 is 0. The fourth-order valence-corrected chi connectivity index (χ4v) is 6.85. The van der Waals surface area contributed by atoms with Gasteiger partial charge in [-0.25, -0.2) is 0 Å². The number of halogens is 2. The lowest BCUT2D eigenvalue weighted by Crippen LogP contribution is -2.54. The number of anilines is 2. The highest BCUT2D eigenvalue weighted by Gasteiger charge is 2.51. The van der Waals surface area contributed by atoms with E-state index in [4.69, 9.17) is 0 Å². The van der Waals surface area contributed by atoms with Crippen LogP contribution in [0.5, 0.6) is 0 Å². The molecular formula is C23H31Cl2N5O. The SMILES string of the molecule is Cl.Cl.O=C(Nc1ccccc1NC12CC3CC(CC(C3)C1)C2)c1n[nH]c2c1CNCC2. The first-order valence-electron chi connectivity index (χ1n) is 11.1. The van der Waals surface area contributed by atoms with Crippen LogP contribution in [0.25, 0.3) is 0 Å². The van der Waals surface area contributed by atoms with E-state index in [0.717, 1.165) is 53.4 Å². The smallest absolute Gasteiger partial charge is 0.276 e. The minimum atomic E-state index is -0.133. The molecule has 1 aromatic carbocycles. The minimum Gasteiger partial charge on any atom is -0.378 e. The van der Waals surface area contributed by atoms with Crippen LogP contribution in [0.2, 0.25) is 0 Å². The molecule has 1 aromatic heterocycles. The molecule has 0 radical (unpaired) electrons. The molecule has 0 spiro atoms. The number of aromatic nitrogens is 2. The number of aromatic amines is 1. The lowest BCUT2D eigenvalue weighted by molar-refractivity contribution is 0.0107. The molecule has 4 saturated carbocycles. The lowest BCUT2D eigenvalue weighted by atomic mass is 9.53. The second-order valence-electron chi connectivity index (χ2n) is 9.78. The van der Waals surface area contributed by atoms with E-state index in [1.165, 1.54) is 38.5 Å². The van der Waals surface area contributed by atoms with Crippen molar-refractivity contribution in [1.82, 2.24) is 15.5 Å². The molecule has 4 aliphatic carbocycles. The van der Waals surface area contributed by atoms with Gasteiger partial charge < -0.3 is 16.0 Å². The Morgan fingerprint density at radius 3 is 2.32 bits per heavy atom. The summed E-state index contributed by atoms with van der Waals surface area (Å²) in [5.41, 5.74) is 4.70. The summed E-state index contributed by atoms with van der Waals surface area (Å²) in [4.78, 5) is 13.0. The van der Waals surface area contributed by atoms with Gasteiger partial charge in [0, 0.05) is 36.3 Å². The van der Waals surface area contributed by atoms with Gasteiger partial charge in [0.2, 0.25) is 0 Å². The van der Waals surface area contributed by atoms with Gasteiger partial charge in [-0.1, -0.05) is 12.1 Å². The predicted octanol–water partition coefficient (Wildman–Crippen LogP) is 4.53. The number of benzene rings is 1. The van der Waals surface area contributed by atoms with Crippen LogP contribution in [-0.4, -0.2) is 28.2 Å². The van der Waals surface area contributed by atoms with E-state index in [2.05, 4.69) is 38.3 Å². The molecule has 1 amide bonds. The Morgan fingerprint density at radius 2 is 1.65 bits per heavy atom. The average molecular weight is 464 g/mol. The number of hydrogen-bond acceptors (Lipinski definition) is 4. The Hall–Kier alpha value is -1.76. The lowest BCUT2D eigenvalue weighted by Gasteiger charge is -2.57. The molecule has 168 valence electrons. The summed E-state index contributed by atoms with van der Waals surface area (Å²) in [6.07, 6.45) is 9.01. The monoisotopic (exact) mass is 463 g/mol. The number of carbonyl (C=O) groups is 1. The van der Waals surface area contributed by atoms with Crippen LogP contribution in [-0.2, 0) is 13.0 Å². The van der Waals surface area contributed by atoms with Gasteiger partial charge in [0.05, 0.1) is 11.4 Å². The molecule has 4 fully saturated rings. The Kier molecular flexibility index (Phi) is 6.25. The quantitative estimate of drug-likeness (QED) is 0.536. The zero-order valence-corrected chi connectivity index (χ0v) is 19.2. The molecule has 6 nitrogen and oxygen atoms in total. The maximum absolute atomic E-state index is 13.0. The van der Waals surface area contributed by atoms with Crippen molar-refractivity contribution in [3.63, 3.8) is 0 Å². The molecule has 2 aromatic rings. The van der Waals surface area contributed by atoms with Crippen LogP contribution >= 0.6 is 24.8 Å². The molecule has 0 atom stereocenters. The number of amides is 1. The number of carbonyl (C=O) groups excluding carboxylic acids is 1. The van der Waals surface area contributed by atoms with Crippen LogP contribution in [0, 0.1) is 17.8 Å². The van der Waals surface area contributed by atoms with E-state index in [-0.39, 0.29) is 36.3 Å². The highest BCUT2D eigenvalue weighted by Crippen LogP contribution is 2.56. The zero-order chi connectivity index (χ0) is 19.4. The summed E-state index contributed by atoms with van der Waals surface area (Å²) < 4.78 is 0. The van der Waals surface area contributed by atoms with Crippen LogP contribution in [0.4, 0.5) is 11.4 Å². The number of nitrogens with one attached hydrogen (secondary N) is 4. The van der Waals surface area contributed by atoms with E-state index in [1.807, 2.05) is 12.1 Å². The number of fused-ring (bicyclic) bond motifs is 1. The maximum Gasteiger partial charge on any atom is 0.276 e. The fourth-order valence-electron chi connectivity index (χ4n) is 6.85.